The number of aromatic nitrogens is 4. The first-order chi connectivity index (χ1) is 17.3. The summed E-state index contributed by atoms with van der Waals surface area (Å²) in [5, 5.41) is 7.26. The van der Waals surface area contributed by atoms with E-state index in [2.05, 4.69) is 65.5 Å². The number of nitrogens with zero attached hydrogens (tertiary/aromatic N) is 3. The smallest absolute Gasteiger partial charge is 0.333 e. The summed E-state index contributed by atoms with van der Waals surface area (Å²) in [4.78, 5) is 12.7. The molecule has 1 aliphatic carbocycles. The van der Waals surface area contributed by atoms with Crippen molar-refractivity contribution in [1.29, 1.82) is 0 Å². The monoisotopic (exact) mass is 541 g/mol. The lowest BCUT2D eigenvalue weighted by Gasteiger charge is -2.39. The van der Waals surface area contributed by atoms with Crippen LogP contribution in [0.15, 0.2) is 48.9 Å². The lowest BCUT2D eigenvalue weighted by atomic mass is 10.1. The fraction of sp³-hybridized carbons (Fsp3) is 0.462. The lowest BCUT2D eigenvalue weighted by molar-refractivity contribution is 0.108. The molecule has 0 unspecified atom stereocenters. The molecule has 0 bridgehead atoms. The Hall–Kier alpha value is -2.57. The maximum absolute atomic E-state index is 11.6. The van der Waals surface area contributed by atoms with Gasteiger partial charge in [0.15, 0.2) is 8.32 Å². The SMILES string of the molecule is CC(C)(C)[Si](C)(C)O[C@H]1C[C@H](n2ccc3c(-c4cc5ccccc5[nH]4)ncnc32)C[C@H]1COS(N)(=O)=O. The molecule has 3 aromatic heterocycles. The fourth-order valence-corrected chi connectivity index (χ4v) is 6.79. The molecule has 9 nitrogen and oxygen atoms in total. The normalized spacial score (nSPS) is 21.3. The maximum Gasteiger partial charge on any atom is 0.333 e. The van der Waals surface area contributed by atoms with Crippen LogP contribution in [0.4, 0.5) is 0 Å². The molecule has 0 radical (unpaired) electrons. The van der Waals surface area contributed by atoms with Gasteiger partial charge in [0, 0.05) is 34.4 Å². The Kier molecular flexibility index (Phi) is 6.56. The molecule has 0 amide bonds. The molecule has 0 spiro atoms. The quantitative estimate of drug-likeness (QED) is 0.312. The summed E-state index contributed by atoms with van der Waals surface area (Å²) in [5.74, 6) is -0.107. The Balaban J connectivity index is 1.47. The van der Waals surface area contributed by atoms with Crippen molar-refractivity contribution in [3.05, 3.63) is 48.9 Å². The summed E-state index contributed by atoms with van der Waals surface area (Å²) < 4.78 is 37.1. The largest absolute Gasteiger partial charge is 0.413 e. The third-order valence-corrected chi connectivity index (χ3v) is 13.0. The van der Waals surface area contributed by atoms with Crippen molar-refractivity contribution in [2.75, 3.05) is 6.61 Å². The van der Waals surface area contributed by atoms with E-state index in [9.17, 15) is 8.42 Å². The van der Waals surface area contributed by atoms with Crippen molar-refractivity contribution in [3.8, 4) is 11.4 Å². The Bertz CT molecular complexity index is 1510. The molecule has 4 aromatic rings. The molecule has 3 N–H and O–H groups in total. The van der Waals surface area contributed by atoms with Crippen LogP contribution in [0, 0.1) is 5.92 Å². The molecular weight excluding hydrogens is 506 g/mol. The summed E-state index contributed by atoms with van der Waals surface area (Å²) in [6, 6.07) is 12.4. The van der Waals surface area contributed by atoms with E-state index >= 15 is 0 Å². The summed E-state index contributed by atoms with van der Waals surface area (Å²) in [6.07, 6.45) is 4.94. The molecule has 5 rings (SSSR count). The minimum Gasteiger partial charge on any atom is -0.413 e. The van der Waals surface area contributed by atoms with Gasteiger partial charge in [0.25, 0.3) is 0 Å². The van der Waals surface area contributed by atoms with Crippen molar-refractivity contribution >= 4 is 40.6 Å². The minimum atomic E-state index is -4.04. The van der Waals surface area contributed by atoms with E-state index in [1.165, 1.54) is 0 Å². The molecule has 1 aromatic carbocycles. The molecule has 1 saturated carbocycles. The second kappa shape index (κ2) is 9.32. The molecule has 1 fully saturated rings. The number of H-pyrrole nitrogens is 1. The number of benzene rings is 1. The van der Waals surface area contributed by atoms with Crippen molar-refractivity contribution in [1.82, 2.24) is 19.5 Å². The first kappa shape index (κ1) is 26.1. The van der Waals surface area contributed by atoms with Crippen LogP contribution in [0.3, 0.4) is 0 Å². The number of para-hydroxylation sites is 1. The van der Waals surface area contributed by atoms with Gasteiger partial charge in [-0.1, -0.05) is 39.0 Å². The van der Waals surface area contributed by atoms with Gasteiger partial charge in [0.2, 0.25) is 0 Å². The summed E-state index contributed by atoms with van der Waals surface area (Å²) in [7, 11) is -6.14. The van der Waals surface area contributed by atoms with Gasteiger partial charge in [-0.2, -0.15) is 8.42 Å². The van der Waals surface area contributed by atoms with Gasteiger partial charge in [0.1, 0.15) is 12.0 Å². The summed E-state index contributed by atoms with van der Waals surface area (Å²) >= 11 is 0. The van der Waals surface area contributed by atoms with Crippen LogP contribution in [0.1, 0.15) is 39.7 Å². The molecule has 198 valence electrons. The van der Waals surface area contributed by atoms with Crippen LogP contribution in [0.2, 0.25) is 18.1 Å². The van der Waals surface area contributed by atoms with Gasteiger partial charge in [-0.05, 0) is 49.2 Å². The van der Waals surface area contributed by atoms with Crippen LogP contribution in [0.5, 0.6) is 0 Å². The number of hydrogen-bond acceptors (Lipinski definition) is 6. The minimum absolute atomic E-state index is 0.00310. The highest BCUT2D eigenvalue weighted by molar-refractivity contribution is 7.84. The van der Waals surface area contributed by atoms with Crippen LogP contribution in [-0.4, -0.2) is 49.0 Å². The molecule has 3 heterocycles. The average molecular weight is 542 g/mol. The number of aromatic amines is 1. The van der Waals surface area contributed by atoms with Crippen molar-refractivity contribution in [2.45, 2.75) is 63.9 Å². The first-order valence-corrected chi connectivity index (χ1v) is 16.9. The number of rotatable bonds is 7. The topological polar surface area (TPSA) is 125 Å². The van der Waals surface area contributed by atoms with Crippen LogP contribution in [-0.2, 0) is 18.9 Å². The van der Waals surface area contributed by atoms with Crippen LogP contribution in [0.25, 0.3) is 33.3 Å². The number of nitrogens with two attached hydrogens (primary N) is 1. The first-order valence-electron chi connectivity index (χ1n) is 12.6. The lowest BCUT2D eigenvalue weighted by Crippen LogP contribution is -2.45. The summed E-state index contributed by atoms with van der Waals surface area (Å²) in [6.45, 7) is 11.0. The van der Waals surface area contributed by atoms with Crippen molar-refractivity contribution < 1.29 is 17.0 Å². The third-order valence-electron chi connectivity index (χ3n) is 7.99. The molecule has 1 aliphatic rings. The Morgan fingerprint density at radius 2 is 1.92 bits per heavy atom. The van der Waals surface area contributed by atoms with E-state index in [1.807, 2.05) is 30.5 Å². The Labute approximate surface area is 218 Å². The molecule has 0 saturated heterocycles. The van der Waals surface area contributed by atoms with Gasteiger partial charge >= 0.3 is 10.3 Å². The molecule has 0 aliphatic heterocycles. The number of nitrogens with one attached hydrogen (secondary N) is 1. The Morgan fingerprint density at radius 1 is 1.16 bits per heavy atom. The van der Waals surface area contributed by atoms with Gasteiger partial charge in [-0.25, -0.2) is 15.1 Å². The van der Waals surface area contributed by atoms with E-state index in [0.29, 0.717) is 6.42 Å². The van der Waals surface area contributed by atoms with E-state index in [1.54, 1.807) is 6.33 Å². The third kappa shape index (κ3) is 5.23. The predicted octanol–water partition coefficient (Wildman–Crippen LogP) is 5.14. The molecular formula is C26H35N5O4SSi. The second-order valence-corrected chi connectivity index (χ2v) is 17.5. The van der Waals surface area contributed by atoms with Gasteiger partial charge in [-0.15, -0.1) is 0 Å². The van der Waals surface area contributed by atoms with Crippen LogP contribution < -0.4 is 5.14 Å². The predicted molar refractivity (Wildman–Crippen MR) is 148 cm³/mol. The van der Waals surface area contributed by atoms with E-state index in [-0.39, 0.29) is 29.7 Å². The number of hydrogen-bond donors (Lipinski definition) is 2. The second-order valence-electron chi connectivity index (χ2n) is 11.5. The standard InChI is InChI=1S/C26H35N5O4SSi/c1-26(2,3)37(4,5)35-23-14-19(12-18(23)15-34-36(27,32)33)31-11-10-20-24(28-16-29-25(20)31)22-13-17-8-6-7-9-21(17)30-22/h6-11,13,16,18-19,23,30H,12,14-15H2,1-5H3,(H2,27,32,33)/t18-,19+,23-/m0/s1. The molecule has 3 atom stereocenters. The summed E-state index contributed by atoms with van der Waals surface area (Å²) in [5.41, 5.74) is 3.69. The fourth-order valence-electron chi connectivity index (χ4n) is 5.02. The highest BCUT2D eigenvalue weighted by Crippen LogP contribution is 2.44. The van der Waals surface area contributed by atoms with Crippen molar-refractivity contribution in [2.24, 2.45) is 11.1 Å². The van der Waals surface area contributed by atoms with E-state index < -0.39 is 18.6 Å². The van der Waals surface area contributed by atoms with Crippen molar-refractivity contribution in [3.63, 3.8) is 0 Å². The average Bonchev–Trinajstić information content (AvgIpc) is 3.52. The van der Waals surface area contributed by atoms with Crippen LogP contribution >= 0.6 is 0 Å². The maximum atomic E-state index is 11.6. The van der Waals surface area contributed by atoms with Gasteiger partial charge in [0.05, 0.1) is 24.1 Å². The molecule has 37 heavy (non-hydrogen) atoms. The molecule has 11 heteroatoms. The van der Waals surface area contributed by atoms with Gasteiger partial charge < -0.3 is 14.0 Å². The zero-order valence-corrected chi connectivity index (χ0v) is 23.7. The number of fused-ring (bicyclic) bond motifs is 2. The van der Waals surface area contributed by atoms with E-state index in [4.69, 9.17) is 13.7 Å². The highest BCUT2D eigenvalue weighted by Gasteiger charge is 2.45. The zero-order chi connectivity index (χ0) is 26.6. The Morgan fingerprint density at radius 3 is 2.62 bits per heavy atom. The highest BCUT2D eigenvalue weighted by atomic mass is 32.2. The van der Waals surface area contributed by atoms with Gasteiger partial charge in [-0.3, -0.25) is 4.18 Å². The van der Waals surface area contributed by atoms with E-state index in [0.717, 1.165) is 39.7 Å². The zero-order valence-electron chi connectivity index (χ0n) is 21.9.